The standard InChI is InChI=1S/C21H26N4O4/c1-4-29-21(28)25-9-7-15(8-10-25)22-19(26)18-12-17(23-20(27)24-18)16-11-13(2)5-6-14(16)3/h5-6,11-12,15H,4,7-10H2,1-3H3,(H,22,26)(H,23,24,27). The number of aromatic amines is 1. The topological polar surface area (TPSA) is 104 Å². The van der Waals surface area contributed by atoms with Gasteiger partial charge in [-0.2, -0.15) is 4.98 Å². The van der Waals surface area contributed by atoms with Crippen molar-refractivity contribution in [2.75, 3.05) is 19.7 Å². The molecule has 2 amide bonds. The van der Waals surface area contributed by atoms with E-state index in [2.05, 4.69) is 15.3 Å². The minimum atomic E-state index is -0.564. The molecule has 1 aliphatic heterocycles. The van der Waals surface area contributed by atoms with Crippen LogP contribution < -0.4 is 11.0 Å². The maximum atomic E-state index is 12.7. The van der Waals surface area contributed by atoms with Gasteiger partial charge < -0.3 is 19.9 Å². The van der Waals surface area contributed by atoms with E-state index in [1.54, 1.807) is 17.9 Å². The third kappa shape index (κ3) is 5.01. The lowest BCUT2D eigenvalue weighted by Crippen LogP contribution is -2.47. The van der Waals surface area contributed by atoms with E-state index in [0.29, 0.717) is 38.2 Å². The molecule has 1 aromatic carbocycles. The first kappa shape index (κ1) is 20.6. The van der Waals surface area contributed by atoms with Gasteiger partial charge in [-0.25, -0.2) is 9.59 Å². The highest BCUT2D eigenvalue weighted by Crippen LogP contribution is 2.22. The first-order chi connectivity index (χ1) is 13.9. The molecular formula is C21H26N4O4. The molecule has 0 unspecified atom stereocenters. The van der Waals surface area contributed by atoms with Crippen LogP contribution in [0.3, 0.4) is 0 Å². The van der Waals surface area contributed by atoms with Crippen LogP contribution in [0.2, 0.25) is 0 Å². The highest BCUT2D eigenvalue weighted by molar-refractivity contribution is 5.93. The second-order valence-corrected chi connectivity index (χ2v) is 7.24. The van der Waals surface area contributed by atoms with E-state index in [4.69, 9.17) is 4.74 Å². The monoisotopic (exact) mass is 398 g/mol. The summed E-state index contributed by atoms with van der Waals surface area (Å²) in [4.78, 5) is 44.7. The van der Waals surface area contributed by atoms with Gasteiger partial charge in [0.05, 0.1) is 12.3 Å². The largest absolute Gasteiger partial charge is 0.450 e. The predicted molar refractivity (Wildman–Crippen MR) is 109 cm³/mol. The zero-order chi connectivity index (χ0) is 21.0. The molecule has 0 bridgehead atoms. The van der Waals surface area contributed by atoms with Gasteiger partial charge in [-0.3, -0.25) is 4.79 Å². The van der Waals surface area contributed by atoms with Gasteiger partial charge in [0.1, 0.15) is 5.69 Å². The number of nitrogens with zero attached hydrogens (tertiary/aromatic N) is 2. The molecule has 1 aliphatic rings. The molecule has 1 aromatic heterocycles. The summed E-state index contributed by atoms with van der Waals surface area (Å²) < 4.78 is 5.01. The van der Waals surface area contributed by atoms with Crippen molar-refractivity contribution in [2.45, 2.75) is 39.7 Å². The van der Waals surface area contributed by atoms with E-state index in [-0.39, 0.29) is 23.7 Å². The van der Waals surface area contributed by atoms with Crippen LogP contribution in [0.5, 0.6) is 0 Å². The van der Waals surface area contributed by atoms with Crippen LogP contribution in [0.4, 0.5) is 4.79 Å². The first-order valence-electron chi connectivity index (χ1n) is 9.79. The first-order valence-corrected chi connectivity index (χ1v) is 9.79. The number of H-pyrrole nitrogens is 1. The van der Waals surface area contributed by atoms with E-state index in [0.717, 1.165) is 16.7 Å². The maximum Gasteiger partial charge on any atom is 0.409 e. The number of carbonyl (C=O) groups is 2. The van der Waals surface area contributed by atoms with Gasteiger partial charge in [-0.15, -0.1) is 0 Å². The predicted octanol–water partition coefficient (Wildman–Crippen LogP) is 2.40. The fourth-order valence-corrected chi connectivity index (χ4v) is 3.41. The Balaban J connectivity index is 1.71. The van der Waals surface area contributed by atoms with Crippen molar-refractivity contribution in [3.05, 3.63) is 51.6 Å². The van der Waals surface area contributed by atoms with Gasteiger partial charge in [0.15, 0.2) is 0 Å². The number of hydrogen-bond acceptors (Lipinski definition) is 5. The van der Waals surface area contributed by atoms with Crippen LogP contribution in [0, 0.1) is 13.8 Å². The van der Waals surface area contributed by atoms with Gasteiger partial charge in [0, 0.05) is 24.7 Å². The number of hydrogen-bond donors (Lipinski definition) is 2. The molecule has 8 nitrogen and oxygen atoms in total. The van der Waals surface area contributed by atoms with Gasteiger partial charge in [-0.1, -0.05) is 17.7 Å². The van der Waals surface area contributed by atoms with Gasteiger partial charge in [0.25, 0.3) is 5.91 Å². The lowest BCUT2D eigenvalue weighted by Gasteiger charge is -2.31. The highest BCUT2D eigenvalue weighted by atomic mass is 16.6. The molecule has 0 spiro atoms. The number of carbonyl (C=O) groups excluding carboxylic acids is 2. The summed E-state index contributed by atoms with van der Waals surface area (Å²) in [5.74, 6) is -0.356. The molecule has 0 aliphatic carbocycles. The molecule has 0 atom stereocenters. The summed E-state index contributed by atoms with van der Waals surface area (Å²) in [6, 6.07) is 7.43. The Morgan fingerprint density at radius 2 is 1.97 bits per heavy atom. The normalized spacial score (nSPS) is 14.5. The SMILES string of the molecule is CCOC(=O)N1CCC(NC(=O)c2cc(-c3cc(C)ccc3C)nc(=O)[nH]2)CC1. The Hall–Kier alpha value is -3.16. The Morgan fingerprint density at radius 3 is 2.66 bits per heavy atom. The number of nitrogens with one attached hydrogen (secondary N) is 2. The number of piperidine rings is 1. The number of ether oxygens (including phenoxy) is 1. The van der Waals surface area contributed by atoms with Crippen molar-refractivity contribution in [3.63, 3.8) is 0 Å². The molecule has 1 saturated heterocycles. The van der Waals surface area contributed by atoms with Crippen LogP contribution in [0.25, 0.3) is 11.3 Å². The Labute approximate surface area is 169 Å². The molecule has 0 saturated carbocycles. The van der Waals surface area contributed by atoms with Crippen molar-refractivity contribution < 1.29 is 14.3 Å². The molecule has 2 N–H and O–H groups in total. The number of aromatic nitrogens is 2. The summed E-state index contributed by atoms with van der Waals surface area (Å²) in [5.41, 5.74) is 2.93. The molecule has 29 heavy (non-hydrogen) atoms. The molecular weight excluding hydrogens is 372 g/mol. The third-order valence-corrected chi connectivity index (χ3v) is 5.01. The van der Waals surface area contributed by atoms with Crippen LogP contribution in [-0.2, 0) is 4.74 Å². The average molecular weight is 398 g/mol. The molecule has 2 aromatic rings. The van der Waals surface area contributed by atoms with Crippen molar-refractivity contribution >= 4 is 12.0 Å². The maximum absolute atomic E-state index is 12.7. The Morgan fingerprint density at radius 1 is 1.24 bits per heavy atom. The highest BCUT2D eigenvalue weighted by Gasteiger charge is 2.25. The summed E-state index contributed by atoms with van der Waals surface area (Å²) in [6.45, 7) is 7.05. The van der Waals surface area contributed by atoms with Crippen LogP contribution in [0.1, 0.15) is 41.4 Å². The number of likely N-dealkylation sites (tertiary alicyclic amines) is 1. The van der Waals surface area contributed by atoms with Gasteiger partial charge in [0.2, 0.25) is 0 Å². The lowest BCUT2D eigenvalue weighted by molar-refractivity contribution is 0.0856. The van der Waals surface area contributed by atoms with Crippen molar-refractivity contribution in [3.8, 4) is 11.3 Å². The minimum absolute atomic E-state index is 0.0750. The fourth-order valence-electron chi connectivity index (χ4n) is 3.41. The summed E-state index contributed by atoms with van der Waals surface area (Å²) >= 11 is 0. The van der Waals surface area contributed by atoms with E-state index in [1.807, 2.05) is 32.0 Å². The number of amides is 2. The smallest absolute Gasteiger partial charge is 0.409 e. The van der Waals surface area contributed by atoms with E-state index in [9.17, 15) is 14.4 Å². The van der Waals surface area contributed by atoms with Crippen molar-refractivity contribution in [1.82, 2.24) is 20.2 Å². The van der Waals surface area contributed by atoms with E-state index in [1.165, 1.54) is 0 Å². The van der Waals surface area contributed by atoms with Crippen LogP contribution in [0.15, 0.2) is 29.1 Å². The molecule has 154 valence electrons. The number of benzene rings is 1. The number of rotatable bonds is 4. The molecule has 0 radical (unpaired) electrons. The molecule has 8 heteroatoms. The Bertz CT molecular complexity index is 961. The van der Waals surface area contributed by atoms with Crippen molar-refractivity contribution in [1.29, 1.82) is 0 Å². The second-order valence-electron chi connectivity index (χ2n) is 7.24. The minimum Gasteiger partial charge on any atom is -0.450 e. The average Bonchev–Trinajstić information content (AvgIpc) is 2.70. The van der Waals surface area contributed by atoms with Crippen LogP contribution in [-0.4, -0.2) is 52.6 Å². The van der Waals surface area contributed by atoms with E-state index >= 15 is 0 Å². The molecule has 3 rings (SSSR count). The summed E-state index contributed by atoms with van der Waals surface area (Å²) in [6.07, 6.45) is 0.932. The van der Waals surface area contributed by atoms with Crippen LogP contribution >= 0.6 is 0 Å². The second kappa shape index (κ2) is 8.89. The summed E-state index contributed by atoms with van der Waals surface area (Å²) in [7, 11) is 0. The Kier molecular flexibility index (Phi) is 6.31. The quantitative estimate of drug-likeness (QED) is 0.823. The summed E-state index contributed by atoms with van der Waals surface area (Å²) in [5, 5.41) is 2.94. The van der Waals surface area contributed by atoms with E-state index < -0.39 is 5.69 Å². The fraction of sp³-hybridized carbons (Fsp3) is 0.429. The molecule has 1 fully saturated rings. The lowest BCUT2D eigenvalue weighted by atomic mass is 10.0. The zero-order valence-corrected chi connectivity index (χ0v) is 16.9. The van der Waals surface area contributed by atoms with Gasteiger partial charge in [-0.05, 0) is 51.3 Å². The van der Waals surface area contributed by atoms with Crippen molar-refractivity contribution in [2.24, 2.45) is 0 Å². The third-order valence-electron chi connectivity index (χ3n) is 5.01. The molecule has 2 heterocycles. The van der Waals surface area contributed by atoms with Gasteiger partial charge >= 0.3 is 11.8 Å². The zero-order valence-electron chi connectivity index (χ0n) is 16.9. The number of aryl methyl sites for hydroxylation is 2.